The maximum Gasteiger partial charge on any atom is 0.310 e. The van der Waals surface area contributed by atoms with Gasteiger partial charge in [-0.05, 0) is 42.5 Å². The van der Waals surface area contributed by atoms with Crippen LogP contribution < -0.4 is 0 Å². The number of halogens is 1. The number of aromatic nitrogens is 1. The first-order chi connectivity index (χ1) is 17.0. The molecule has 0 saturated carbocycles. The van der Waals surface area contributed by atoms with Gasteiger partial charge in [0.25, 0.3) is 0 Å². The molecule has 182 valence electrons. The topological polar surface area (TPSA) is 51.5 Å². The fourth-order valence-electron chi connectivity index (χ4n) is 5.97. The Morgan fingerprint density at radius 1 is 1.20 bits per heavy atom. The number of hydrogen-bond donors (Lipinski definition) is 0. The van der Waals surface area contributed by atoms with Crippen LogP contribution in [0.4, 0.5) is 0 Å². The van der Waals surface area contributed by atoms with Crippen LogP contribution in [0.25, 0.3) is 10.9 Å². The summed E-state index contributed by atoms with van der Waals surface area (Å²) >= 11 is 3.40. The number of ketones is 1. The number of ether oxygens (including phenoxy) is 1. The first-order valence-corrected chi connectivity index (χ1v) is 13.2. The zero-order valence-electron chi connectivity index (χ0n) is 20.1. The molecule has 6 heteroatoms. The van der Waals surface area contributed by atoms with Gasteiger partial charge in [0, 0.05) is 58.7 Å². The van der Waals surface area contributed by atoms with Gasteiger partial charge in [-0.2, -0.15) is 0 Å². The molecule has 1 fully saturated rings. The number of esters is 1. The number of carbonyl (C=O) groups excluding carboxylic acids is 2. The molecule has 3 aromatic rings. The average molecular weight is 535 g/mol. The molecule has 0 N–H and O–H groups in total. The lowest BCUT2D eigenvalue weighted by molar-refractivity contribution is -0.150. The van der Waals surface area contributed by atoms with E-state index in [1.165, 1.54) is 22.0 Å². The summed E-state index contributed by atoms with van der Waals surface area (Å²) in [6, 6.07) is 14.1. The Balaban J connectivity index is 1.38. The predicted octanol–water partition coefficient (Wildman–Crippen LogP) is 5.76. The highest BCUT2D eigenvalue weighted by molar-refractivity contribution is 9.10. The summed E-state index contributed by atoms with van der Waals surface area (Å²) in [6.45, 7) is 8.28. The van der Waals surface area contributed by atoms with Crippen molar-refractivity contribution < 1.29 is 14.3 Å². The van der Waals surface area contributed by atoms with Crippen LogP contribution in [-0.2, 0) is 22.5 Å². The zero-order chi connectivity index (χ0) is 24.5. The van der Waals surface area contributed by atoms with Gasteiger partial charge in [0.2, 0.25) is 5.78 Å². The lowest BCUT2D eigenvalue weighted by Crippen LogP contribution is -2.51. The van der Waals surface area contributed by atoms with Crippen molar-refractivity contribution in [1.82, 2.24) is 9.47 Å². The Hall–Kier alpha value is -2.70. The predicted molar refractivity (Wildman–Crippen MR) is 142 cm³/mol. The van der Waals surface area contributed by atoms with Crippen LogP contribution in [0.2, 0.25) is 0 Å². The van der Waals surface area contributed by atoms with Crippen molar-refractivity contribution in [3.05, 3.63) is 82.5 Å². The molecular formula is C29H31BrN2O3. The van der Waals surface area contributed by atoms with Crippen molar-refractivity contribution in [1.29, 1.82) is 0 Å². The lowest BCUT2D eigenvalue weighted by atomic mass is 9.72. The SMILES string of the molecule is C=CCN1C[C@H](C(=O)OCC(=O)c2ccccc2Br)C[C@@H]2c3cccc4c3c(cn4CCC)C[C@H]21. The van der Waals surface area contributed by atoms with E-state index < -0.39 is 0 Å². The van der Waals surface area contributed by atoms with E-state index in [4.69, 9.17) is 4.74 Å². The number of hydrogen-bond acceptors (Lipinski definition) is 4. The molecule has 2 heterocycles. The highest BCUT2D eigenvalue weighted by atomic mass is 79.9. The summed E-state index contributed by atoms with van der Waals surface area (Å²) in [5.74, 6) is -0.530. The number of likely N-dealkylation sites (tertiary alicyclic amines) is 1. The first kappa shape index (κ1) is 24.0. The lowest BCUT2D eigenvalue weighted by Gasteiger charge is -2.46. The minimum atomic E-state index is -0.292. The van der Waals surface area contributed by atoms with Crippen LogP contribution in [0, 0.1) is 5.92 Å². The second kappa shape index (κ2) is 10.1. The van der Waals surface area contributed by atoms with E-state index in [0.29, 0.717) is 22.6 Å². The Morgan fingerprint density at radius 3 is 2.80 bits per heavy atom. The zero-order valence-corrected chi connectivity index (χ0v) is 21.7. The second-order valence-corrected chi connectivity index (χ2v) is 10.5. The van der Waals surface area contributed by atoms with E-state index in [1.807, 2.05) is 18.2 Å². The van der Waals surface area contributed by atoms with Crippen molar-refractivity contribution in [3.63, 3.8) is 0 Å². The number of fused-ring (bicyclic) bond motifs is 2. The fourth-order valence-corrected chi connectivity index (χ4v) is 6.47. The van der Waals surface area contributed by atoms with Crippen LogP contribution in [0.3, 0.4) is 0 Å². The molecule has 1 aromatic heterocycles. The summed E-state index contributed by atoms with van der Waals surface area (Å²) in [6.07, 6.45) is 7.05. The summed E-state index contributed by atoms with van der Waals surface area (Å²) in [5, 5.41) is 1.36. The summed E-state index contributed by atoms with van der Waals surface area (Å²) < 4.78 is 8.66. The summed E-state index contributed by atoms with van der Waals surface area (Å²) in [4.78, 5) is 28.2. The van der Waals surface area contributed by atoms with Gasteiger partial charge >= 0.3 is 5.97 Å². The van der Waals surface area contributed by atoms with E-state index >= 15 is 0 Å². The smallest absolute Gasteiger partial charge is 0.310 e. The molecule has 0 unspecified atom stereocenters. The molecular weight excluding hydrogens is 504 g/mol. The maximum absolute atomic E-state index is 13.2. The highest BCUT2D eigenvalue weighted by Crippen LogP contribution is 2.45. The van der Waals surface area contributed by atoms with Crippen molar-refractivity contribution in [3.8, 4) is 0 Å². The Morgan fingerprint density at radius 2 is 2.03 bits per heavy atom. The minimum absolute atomic E-state index is 0.202. The van der Waals surface area contributed by atoms with Gasteiger partial charge in [0.1, 0.15) is 0 Å². The number of rotatable bonds is 8. The molecule has 0 amide bonds. The van der Waals surface area contributed by atoms with Crippen molar-refractivity contribution in [2.45, 2.75) is 44.7 Å². The van der Waals surface area contributed by atoms with Gasteiger partial charge in [0.05, 0.1) is 5.92 Å². The highest BCUT2D eigenvalue weighted by Gasteiger charge is 2.43. The molecule has 2 aliphatic rings. The Bertz CT molecular complexity index is 1280. The maximum atomic E-state index is 13.2. The number of nitrogens with zero attached hydrogens (tertiary/aromatic N) is 2. The summed E-state index contributed by atoms with van der Waals surface area (Å²) in [7, 11) is 0. The molecule has 1 saturated heterocycles. The van der Waals surface area contributed by atoms with Gasteiger partial charge < -0.3 is 9.30 Å². The summed E-state index contributed by atoms with van der Waals surface area (Å²) in [5.41, 5.74) is 4.55. The Kier molecular flexibility index (Phi) is 6.94. The van der Waals surface area contributed by atoms with Crippen LogP contribution in [0.1, 0.15) is 47.2 Å². The third kappa shape index (κ3) is 4.50. The van der Waals surface area contributed by atoms with Gasteiger partial charge in [-0.1, -0.05) is 59.3 Å². The molecule has 35 heavy (non-hydrogen) atoms. The molecule has 5 nitrogen and oxygen atoms in total. The largest absolute Gasteiger partial charge is 0.457 e. The van der Waals surface area contributed by atoms with E-state index in [2.05, 4.69) is 63.3 Å². The van der Waals surface area contributed by atoms with Crippen LogP contribution in [0.5, 0.6) is 0 Å². The minimum Gasteiger partial charge on any atom is -0.457 e. The number of aryl methyl sites for hydroxylation is 1. The number of carbonyl (C=O) groups is 2. The molecule has 1 aliphatic carbocycles. The van der Waals surface area contributed by atoms with Crippen molar-refractivity contribution >= 4 is 38.6 Å². The number of benzene rings is 2. The molecule has 2 aromatic carbocycles. The molecule has 0 spiro atoms. The van der Waals surface area contributed by atoms with E-state index in [9.17, 15) is 9.59 Å². The molecule has 0 radical (unpaired) electrons. The third-order valence-electron chi connectivity index (χ3n) is 7.45. The van der Waals surface area contributed by atoms with Crippen LogP contribution >= 0.6 is 15.9 Å². The Labute approximate surface area is 214 Å². The van der Waals surface area contributed by atoms with Crippen molar-refractivity contribution in [2.75, 3.05) is 19.7 Å². The molecule has 5 rings (SSSR count). The normalized spacial score (nSPS) is 21.5. The monoisotopic (exact) mass is 534 g/mol. The second-order valence-electron chi connectivity index (χ2n) is 9.65. The van der Waals surface area contributed by atoms with Crippen molar-refractivity contribution in [2.24, 2.45) is 5.92 Å². The van der Waals surface area contributed by atoms with Gasteiger partial charge in [-0.25, -0.2) is 0 Å². The quantitative estimate of drug-likeness (QED) is 0.209. The van der Waals surface area contributed by atoms with E-state index in [-0.39, 0.29) is 30.2 Å². The van der Waals surface area contributed by atoms with Gasteiger partial charge in [0.15, 0.2) is 6.61 Å². The molecule has 0 bridgehead atoms. The number of piperidine rings is 1. The first-order valence-electron chi connectivity index (χ1n) is 12.4. The van der Waals surface area contributed by atoms with E-state index in [0.717, 1.165) is 32.4 Å². The third-order valence-corrected chi connectivity index (χ3v) is 8.14. The fraction of sp³-hybridized carbons (Fsp3) is 0.379. The molecule has 3 atom stereocenters. The van der Waals surface area contributed by atoms with Gasteiger partial charge in [-0.15, -0.1) is 6.58 Å². The van der Waals surface area contributed by atoms with E-state index in [1.54, 1.807) is 12.1 Å². The van der Waals surface area contributed by atoms with Crippen LogP contribution in [0.15, 0.2) is 65.8 Å². The van der Waals surface area contributed by atoms with Gasteiger partial charge in [-0.3, -0.25) is 14.5 Å². The standard InChI is InChI=1S/C29H31BrN2O3/c1-3-12-31-16-19-15-26-23(21-9-7-11-25(31)28(19)21)14-20(17-32(26)13-4-2)29(34)35-18-27(33)22-8-5-6-10-24(22)30/h4-11,16,20,23,26H,2-3,12-15,17-18H2,1H3/t20-,23-,26-/m1/s1. The molecule has 1 aliphatic heterocycles. The van der Waals surface area contributed by atoms with Crippen LogP contribution in [-0.4, -0.2) is 47.0 Å². The number of Topliss-reactive ketones (excluding diaryl/α,β-unsaturated/α-hetero) is 1. The average Bonchev–Trinajstić information content (AvgIpc) is 3.21.